The summed E-state index contributed by atoms with van der Waals surface area (Å²) in [4.78, 5) is 12.4. The average Bonchev–Trinajstić information content (AvgIpc) is 2.35. The Labute approximate surface area is 130 Å². The SMILES string of the molecule is CCC(CC(C)(C)C(=O)OC(C)(C)C)C1CCC(O)CC1. The van der Waals surface area contributed by atoms with Gasteiger partial charge in [0.15, 0.2) is 0 Å². The van der Waals surface area contributed by atoms with Crippen molar-refractivity contribution >= 4 is 5.97 Å². The second-order valence-electron chi connectivity index (χ2n) is 8.33. The summed E-state index contributed by atoms with van der Waals surface area (Å²) in [6, 6.07) is 0. The Balaban J connectivity index is 2.64. The van der Waals surface area contributed by atoms with Crippen LogP contribution in [0, 0.1) is 17.3 Å². The van der Waals surface area contributed by atoms with Gasteiger partial charge >= 0.3 is 5.97 Å². The largest absolute Gasteiger partial charge is 0.460 e. The lowest BCUT2D eigenvalue weighted by atomic mass is 9.71. The first-order valence-corrected chi connectivity index (χ1v) is 8.46. The van der Waals surface area contributed by atoms with Crippen LogP contribution in [0.2, 0.25) is 0 Å². The van der Waals surface area contributed by atoms with Gasteiger partial charge in [-0.1, -0.05) is 13.3 Å². The van der Waals surface area contributed by atoms with Crippen molar-refractivity contribution in [2.45, 2.75) is 91.8 Å². The summed E-state index contributed by atoms with van der Waals surface area (Å²) < 4.78 is 5.57. The van der Waals surface area contributed by atoms with Crippen molar-refractivity contribution in [3.05, 3.63) is 0 Å². The molecule has 0 saturated heterocycles. The van der Waals surface area contributed by atoms with Crippen LogP contribution >= 0.6 is 0 Å². The molecule has 1 rings (SSSR count). The molecule has 1 N–H and O–H groups in total. The quantitative estimate of drug-likeness (QED) is 0.769. The van der Waals surface area contributed by atoms with Gasteiger partial charge in [0.2, 0.25) is 0 Å². The molecule has 0 spiro atoms. The summed E-state index contributed by atoms with van der Waals surface area (Å²) in [6.45, 7) is 12.0. The third-order valence-corrected chi connectivity index (χ3v) is 4.66. The predicted octanol–water partition coefficient (Wildman–Crippen LogP) is 4.32. The molecule has 0 aromatic rings. The van der Waals surface area contributed by atoms with E-state index >= 15 is 0 Å². The van der Waals surface area contributed by atoms with Gasteiger partial charge in [0.1, 0.15) is 5.60 Å². The minimum absolute atomic E-state index is 0.0932. The Morgan fingerprint density at radius 1 is 1.14 bits per heavy atom. The van der Waals surface area contributed by atoms with Crippen molar-refractivity contribution in [2.75, 3.05) is 0 Å². The van der Waals surface area contributed by atoms with Crippen LogP contribution in [0.4, 0.5) is 0 Å². The summed E-state index contributed by atoms with van der Waals surface area (Å²) >= 11 is 0. The van der Waals surface area contributed by atoms with Crippen molar-refractivity contribution < 1.29 is 14.6 Å². The monoisotopic (exact) mass is 298 g/mol. The number of aliphatic hydroxyl groups is 1. The number of hydrogen-bond donors (Lipinski definition) is 1. The van der Waals surface area contributed by atoms with Crippen molar-refractivity contribution in [2.24, 2.45) is 17.3 Å². The summed E-state index contributed by atoms with van der Waals surface area (Å²) in [5, 5.41) is 9.66. The van der Waals surface area contributed by atoms with Crippen LogP contribution in [0.1, 0.15) is 80.1 Å². The molecule has 0 radical (unpaired) electrons. The average molecular weight is 298 g/mol. The van der Waals surface area contributed by atoms with Crippen LogP contribution in [-0.2, 0) is 9.53 Å². The third-order valence-electron chi connectivity index (χ3n) is 4.66. The van der Waals surface area contributed by atoms with Gasteiger partial charge in [-0.25, -0.2) is 0 Å². The molecule has 0 aromatic carbocycles. The maximum atomic E-state index is 12.4. The lowest BCUT2D eigenvalue weighted by molar-refractivity contribution is -0.167. The zero-order chi connectivity index (χ0) is 16.3. The molecule has 0 heterocycles. The van der Waals surface area contributed by atoms with E-state index in [1.54, 1.807) is 0 Å². The normalized spacial score (nSPS) is 25.5. The topological polar surface area (TPSA) is 46.5 Å². The first-order valence-electron chi connectivity index (χ1n) is 8.46. The molecule has 0 amide bonds. The fourth-order valence-electron chi connectivity index (χ4n) is 3.37. The Morgan fingerprint density at radius 3 is 2.10 bits per heavy atom. The molecule has 1 atom stereocenters. The van der Waals surface area contributed by atoms with Crippen LogP contribution in [-0.4, -0.2) is 22.8 Å². The molecule has 1 unspecified atom stereocenters. The van der Waals surface area contributed by atoms with Gasteiger partial charge in [0.25, 0.3) is 0 Å². The Kier molecular flexibility index (Phi) is 6.27. The first-order chi connectivity index (χ1) is 9.55. The number of rotatable bonds is 5. The summed E-state index contributed by atoms with van der Waals surface area (Å²) in [7, 11) is 0. The summed E-state index contributed by atoms with van der Waals surface area (Å²) in [6.07, 6.45) is 5.85. The maximum Gasteiger partial charge on any atom is 0.312 e. The summed E-state index contributed by atoms with van der Waals surface area (Å²) in [5.74, 6) is 1.09. The highest BCUT2D eigenvalue weighted by molar-refractivity contribution is 5.76. The highest BCUT2D eigenvalue weighted by Gasteiger charge is 2.37. The summed E-state index contributed by atoms with van der Waals surface area (Å²) in [5.41, 5.74) is -0.866. The minimum Gasteiger partial charge on any atom is -0.460 e. The smallest absolute Gasteiger partial charge is 0.312 e. The highest BCUT2D eigenvalue weighted by Crippen LogP contribution is 2.39. The van der Waals surface area contributed by atoms with Gasteiger partial charge in [-0.2, -0.15) is 0 Å². The first kappa shape index (κ1) is 18.5. The number of carbonyl (C=O) groups excluding carboxylic acids is 1. The van der Waals surface area contributed by atoms with E-state index in [4.69, 9.17) is 4.74 Å². The van der Waals surface area contributed by atoms with Gasteiger partial charge in [-0.15, -0.1) is 0 Å². The molecule has 1 aliphatic rings. The zero-order valence-corrected chi connectivity index (χ0v) is 14.7. The van der Waals surface area contributed by atoms with E-state index in [1.165, 1.54) is 0 Å². The van der Waals surface area contributed by atoms with Gasteiger partial charge < -0.3 is 9.84 Å². The minimum atomic E-state index is -0.440. The van der Waals surface area contributed by atoms with Gasteiger partial charge in [-0.05, 0) is 78.6 Å². The number of ether oxygens (including phenoxy) is 1. The fourth-order valence-corrected chi connectivity index (χ4v) is 3.37. The van der Waals surface area contributed by atoms with Crippen LogP contribution in [0.25, 0.3) is 0 Å². The van der Waals surface area contributed by atoms with Crippen molar-refractivity contribution in [3.63, 3.8) is 0 Å². The lowest BCUT2D eigenvalue weighted by Crippen LogP contribution is -2.36. The lowest BCUT2D eigenvalue weighted by Gasteiger charge is -2.36. The Bertz CT molecular complexity index is 333. The molecular formula is C18H34O3. The molecule has 1 aliphatic carbocycles. The molecule has 21 heavy (non-hydrogen) atoms. The molecule has 124 valence electrons. The number of aliphatic hydroxyl groups excluding tert-OH is 1. The standard InChI is InChI=1S/C18H34O3/c1-7-13(14-8-10-15(19)11-9-14)12-18(5,6)16(20)21-17(2,3)4/h13-15,19H,7-12H2,1-6H3. The molecular weight excluding hydrogens is 264 g/mol. The van der Waals surface area contributed by atoms with Crippen molar-refractivity contribution in [1.29, 1.82) is 0 Å². The van der Waals surface area contributed by atoms with Crippen molar-refractivity contribution in [3.8, 4) is 0 Å². The predicted molar refractivity (Wildman–Crippen MR) is 86.0 cm³/mol. The van der Waals surface area contributed by atoms with E-state index in [9.17, 15) is 9.90 Å². The molecule has 1 saturated carbocycles. The van der Waals surface area contributed by atoms with E-state index in [0.29, 0.717) is 11.8 Å². The van der Waals surface area contributed by atoms with Crippen LogP contribution in [0.3, 0.4) is 0 Å². The van der Waals surface area contributed by atoms with E-state index < -0.39 is 11.0 Å². The van der Waals surface area contributed by atoms with Gasteiger partial charge in [0.05, 0.1) is 11.5 Å². The fraction of sp³-hybridized carbons (Fsp3) is 0.944. The molecule has 0 bridgehead atoms. The Hall–Kier alpha value is -0.570. The van der Waals surface area contributed by atoms with Gasteiger partial charge in [0, 0.05) is 0 Å². The van der Waals surface area contributed by atoms with E-state index in [2.05, 4.69) is 6.92 Å². The molecule has 3 heteroatoms. The molecule has 0 aliphatic heterocycles. The van der Waals surface area contributed by atoms with Crippen LogP contribution < -0.4 is 0 Å². The molecule has 3 nitrogen and oxygen atoms in total. The van der Waals surface area contributed by atoms with Gasteiger partial charge in [-0.3, -0.25) is 4.79 Å². The zero-order valence-electron chi connectivity index (χ0n) is 14.7. The number of esters is 1. The van der Waals surface area contributed by atoms with E-state index in [0.717, 1.165) is 38.5 Å². The number of hydrogen-bond acceptors (Lipinski definition) is 3. The molecule has 0 aromatic heterocycles. The molecule has 1 fully saturated rings. The number of carbonyl (C=O) groups is 1. The van der Waals surface area contributed by atoms with E-state index in [-0.39, 0.29) is 12.1 Å². The van der Waals surface area contributed by atoms with Crippen molar-refractivity contribution in [1.82, 2.24) is 0 Å². The van der Waals surface area contributed by atoms with E-state index in [1.807, 2.05) is 34.6 Å². The highest BCUT2D eigenvalue weighted by atomic mass is 16.6. The second-order valence-corrected chi connectivity index (χ2v) is 8.33. The maximum absolute atomic E-state index is 12.4. The second kappa shape index (κ2) is 7.13. The third kappa shape index (κ3) is 5.98. The Morgan fingerprint density at radius 2 is 1.67 bits per heavy atom. The van der Waals surface area contributed by atoms with Crippen LogP contribution in [0.5, 0.6) is 0 Å². The van der Waals surface area contributed by atoms with Crippen LogP contribution in [0.15, 0.2) is 0 Å².